The van der Waals surface area contributed by atoms with Gasteiger partial charge in [-0.3, -0.25) is 9.59 Å². The zero-order valence-electron chi connectivity index (χ0n) is 20.9. The number of aromatic carboxylic acids is 4. The second-order valence-electron chi connectivity index (χ2n) is 8.22. The van der Waals surface area contributed by atoms with Crippen molar-refractivity contribution in [3.63, 3.8) is 0 Å². The summed E-state index contributed by atoms with van der Waals surface area (Å²) in [6, 6.07) is 10.3. The SMILES string of the molecule is CC(=O)C(N=Nc1ccc(N=Nc2cc(C(=O)O)cc(C(=O)O)c2)cc1)C(=O)Nc1cc(C(=O)O)cc(C(=O)O)c1. The minimum atomic E-state index is -1.64. The lowest BCUT2D eigenvalue weighted by molar-refractivity contribution is -0.126. The number of nitrogens with one attached hydrogen (secondary N) is 1. The van der Waals surface area contributed by atoms with Crippen molar-refractivity contribution in [3.8, 4) is 0 Å². The summed E-state index contributed by atoms with van der Waals surface area (Å²) in [6.45, 7) is 1.08. The van der Waals surface area contributed by atoms with Gasteiger partial charge in [-0.25, -0.2) is 19.2 Å². The Kier molecular flexibility index (Phi) is 9.06. The summed E-state index contributed by atoms with van der Waals surface area (Å²) in [5, 5.41) is 54.3. The van der Waals surface area contributed by atoms with Crippen molar-refractivity contribution in [3.05, 3.63) is 82.9 Å². The highest BCUT2D eigenvalue weighted by Gasteiger charge is 2.24. The molecule has 0 saturated carbocycles. The maximum Gasteiger partial charge on any atom is 0.335 e. The molecule has 0 heterocycles. The van der Waals surface area contributed by atoms with Crippen molar-refractivity contribution >= 4 is 58.3 Å². The molecule has 208 valence electrons. The summed E-state index contributed by atoms with van der Waals surface area (Å²) in [5.41, 5.74) is -1.06. The van der Waals surface area contributed by atoms with Gasteiger partial charge in [-0.1, -0.05) is 0 Å². The molecule has 0 aliphatic carbocycles. The van der Waals surface area contributed by atoms with Gasteiger partial charge in [0.05, 0.1) is 39.3 Å². The van der Waals surface area contributed by atoms with E-state index in [1.165, 1.54) is 24.3 Å². The second-order valence-corrected chi connectivity index (χ2v) is 8.22. The fraction of sp³-hybridized carbons (Fsp3) is 0.0769. The quantitative estimate of drug-likeness (QED) is 0.161. The number of nitrogens with zero attached hydrogens (tertiary/aromatic N) is 4. The second kappa shape index (κ2) is 12.6. The van der Waals surface area contributed by atoms with Crippen molar-refractivity contribution in [1.29, 1.82) is 0 Å². The Bertz CT molecular complexity index is 1570. The van der Waals surface area contributed by atoms with Crippen LogP contribution in [0.5, 0.6) is 0 Å². The number of carboxylic acids is 4. The molecule has 0 aliphatic rings. The molecule has 0 aliphatic heterocycles. The van der Waals surface area contributed by atoms with Crippen LogP contribution in [0, 0.1) is 0 Å². The molecular formula is C26H19N5O10. The number of azo groups is 2. The molecule has 15 nitrogen and oxygen atoms in total. The smallest absolute Gasteiger partial charge is 0.335 e. The molecule has 41 heavy (non-hydrogen) atoms. The van der Waals surface area contributed by atoms with Crippen molar-refractivity contribution in [1.82, 2.24) is 0 Å². The van der Waals surface area contributed by atoms with Gasteiger partial charge in [-0.05, 0) is 67.6 Å². The summed E-state index contributed by atoms with van der Waals surface area (Å²) in [5.74, 6) is -7.20. The first-order valence-electron chi connectivity index (χ1n) is 11.3. The van der Waals surface area contributed by atoms with Gasteiger partial charge in [-0.15, -0.1) is 0 Å². The molecular weight excluding hydrogens is 542 g/mol. The monoisotopic (exact) mass is 561 g/mol. The number of hydrogen-bond acceptors (Lipinski definition) is 10. The number of Topliss-reactive ketones (excluding diaryl/α,β-unsaturated/α-hetero) is 1. The number of rotatable bonds is 11. The molecule has 0 bridgehead atoms. The Morgan fingerprint density at radius 1 is 0.585 bits per heavy atom. The van der Waals surface area contributed by atoms with E-state index in [1.54, 1.807) is 0 Å². The number of benzene rings is 3. The number of hydrogen-bond donors (Lipinski definition) is 5. The van der Waals surface area contributed by atoms with Crippen LogP contribution in [-0.4, -0.2) is 62.0 Å². The first-order chi connectivity index (χ1) is 19.3. The summed E-state index contributed by atoms with van der Waals surface area (Å²) < 4.78 is 0. The summed E-state index contributed by atoms with van der Waals surface area (Å²) in [7, 11) is 0. The summed E-state index contributed by atoms with van der Waals surface area (Å²) in [4.78, 5) is 69.7. The molecule has 0 radical (unpaired) electrons. The lowest BCUT2D eigenvalue weighted by Crippen LogP contribution is -2.32. The summed E-state index contributed by atoms with van der Waals surface area (Å²) >= 11 is 0. The average Bonchev–Trinajstić information content (AvgIpc) is 2.92. The molecule has 15 heteroatoms. The molecule has 3 aromatic carbocycles. The maximum absolute atomic E-state index is 12.7. The van der Waals surface area contributed by atoms with E-state index in [0.717, 1.165) is 43.3 Å². The van der Waals surface area contributed by atoms with Gasteiger partial charge in [0.2, 0.25) is 6.04 Å². The average molecular weight is 561 g/mol. The number of carbonyl (C=O) groups excluding carboxylic acids is 2. The van der Waals surface area contributed by atoms with Gasteiger partial charge >= 0.3 is 23.9 Å². The van der Waals surface area contributed by atoms with Crippen LogP contribution in [0.3, 0.4) is 0 Å². The number of amides is 1. The molecule has 1 unspecified atom stereocenters. The number of ketones is 1. The number of carboxylic acid groups (broad SMARTS) is 4. The highest BCUT2D eigenvalue weighted by atomic mass is 16.4. The summed E-state index contributed by atoms with van der Waals surface area (Å²) in [6.07, 6.45) is 0. The standard InChI is InChI=1S/C26H19N5O10/c1-12(32)21(22(33)27-19-8-13(23(34)35)6-14(9-19)24(36)37)31-29-18-4-2-17(3-5-18)28-30-20-10-15(25(38)39)7-16(11-20)26(40)41/h2-11,21H,1H3,(H,27,33)(H,34,35)(H,36,37)(H,38,39)(H,40,41). The Balaban J connectivity index is 1.76. The van der Waals surface area contributed by atoms with Crippen LogP contribution in [0.4, 0.5) is 22.7 Å². The van der Waals surface area contributed by atoms with E-state index < -0.39 is 52.7 Å². The topological polar surface area (TPSA) is 245 Å². The van der Waals surface area contributed by atoms with Crippen molar-refractivity contribution in [2.75, 3.05) is 5.32 Å². The number of carbonyl (C=O) groups is 6. The Morgan fingerprint density at radius 2 is 0.976 bits per heavy atom. The van der Waals surface area contributed by atoms with Crippen LogP contribution in [0.15, 0.2) is 81.1 Å². The van der Waals surface area contributed by atoms with Crippen molar-refractivity contribution in [2.45, 2.75) is 13.0 Å². The predicted molar refractivity (Wildman–Crippen MR) is 139 cm³/mol. The molecule has 0 fully saturated rings. The molecule has 0 spiro atoms. The Labute approximate surface area is 229 Å². The van der Waals surface area contributed by atoms with Gasteiger partial charge in [-0.2, -0.15) is 20.5 Å². The first-order valence-corrected chi connectivity index (χ1v) is 11.3. The lowest BCUT2D eigenvalue weighted by atomic mass is 10.1. The number of anilines is 1. The van der Waals surface area contributed by atoms with E-state index in [1.807, 2.05) is 0 Å². The maximum atomic E-state index is 12.7. The van der Waals surface area contributed by atoms with E-state index in [-0.39, 0.29) is 33.9 Å². The molecule has 0 saturated heterocycles. The largest absolute Gasteiger partial charge is 0.478 e. The van der Waals surface area contributed by atoms with Crippen molar-refractivity contribution < 1.29 is 49.2 Å². The molecule has 3 rings (SSSR count). The third-order valence-electron chi connectivity index (χ3n) is 5.16. The van der Waals surface area contributed by atoms with E-state index >= 15 is 0 Å². The highest BCUT2D eigenvalue weighted by Crippen LogP contribution is 2.24. The Morgan fingerprint density at radius 3 is 1.39 bits per heavy atom. The minimum absolute atomic E-state index is 0.00857. The van der Waals surface area contributed by atoms with Crippen LogP contribution in [0.25, 0.3) is 0 Å². The van der Waals surface area contributed by atoms with Crippen molar-refractivity contribution in [2.24, 2.45) is 20.5 Å². The van der Waals surface area contributed by atoms with E-state index in [9.17, 15) is 39.0 Å². The van der Waals surface area contributed by atoms with Gasteiger partial charge in [0.1, 0.15) is 0 Å². The highest BCUT2D eigenvalue weighted by molar-refractivity contribution is 6.10. The lowest BCUT2D eigenvalue weighted by Gasteiger charge is -2.11. The fourth-order valence-electron chi connectivity index (χ4n) is 3.22. The molecule has 1 atom stereocenters. The van der Waals surface area contributed by atoms with Gasteiger partial charge in [0, 0.05) is 5.69 Å². The van der Waals surface area contributed by atoms with Crippen LogP contribution >= 0.6 is 0 Å². The van der Waals surface area contributed by atoms with Crippen LogP contribution in [0.2, 0.25) is 0 Å². The predicted octanol–water partition coefficient (Wildman–Crippen LogP) is 4.57. The molecule has 1 amide bonds. The van der Waals surface area contributed by atoms with Crippen LogP contribution in [0.1, 0.15) is 48.4 Å². The zero-order chi connectivity index (χ0) is 30.3. The minimum Gasteiger partial charge on any atom is -0.478 e. The van der Waals surface area contributed by atoms with E-state index in [2.05, 4.69) is 25.8 Å². The van der Waals surface area contributed by atoms with Gasteiger partial charge in [0.15, 0.2) is 5.78 Å². The molecule has 5 N–H and O–H groups in total. The van der Waals surface area contributed by atoms with E-state index in [0.29, 0.717) is 0 Å². The third-order valence-corrected chi connectivity index (χ3v) is 5.16. The van der Waals surface area contributed by atoms with Gasteiger partial charge < -0.3 is 25.7 Å². The first kappa shape index (κ1) is 29.4. The normalized spacial score (nSPS) is 11.7. The Hall–Kier alpha value is -6.12. The van der Waals surface area contributed by atoms with Gasteiger partial charge in [0.25, 0.3) is 5.91 Å². The molecule has 0 aromatic heterocycles. The fourth-order valence-corrected chi connectivity index (χ4v) is 3.22. The van der Waals surface area contributed by atoms with Crippen LogP contribution in [-0.2, 0) is 9.59 Å². The molecule has 3 aromatic rings. The third kappa shape index (κ3) is 7.93. The van der Waals surface area contributed by atoms with E-state index in [4.69, 9.17) is 10.2 Å². The van der Waals surface area contributed by atoms with Crippen LogP contribution < -0.4 is 5.32 Å². The zero-order valence-corrected chi connectivity index (χ0v) is 20.9.